The molecule has 0 saturated carbocycles. The molecular weight excluding hydrogens is 204 g/mol. The minimum atomic E-state index is 0.423. The Balaban J connectivity index is 3.07. The van der Waals surface area contributed by atoms with Crippen molar-refractivity contribution < 1.29 is 4.74 Å². The first-order chi connectivity index (χ1) is 5.35. The SMILES string of the molecule is CCCCCC[C@@H](CBr)OC. The van der Waals surface area contributed by atoms with E-state index in [0.29, 0.717) is 6.10 Å². The van der Waals surface area contributed by atoms with Crippen LogP contribution in [0.2, 0.25) is 0 Å². The van der Waals surface area contributed by atoms with E-state index in [-0.39, 0.29) is 0 Å². The van der Waals surface area contributed by atoms with Gasteiger partial charge in [0.25, 0.3) is 0 Å². The van der Waals surface area contributed by atoms with E-state index < -0.39 is 0 Å². The van der Waals surface area contributed by atoms with Crippen molar-refractivity contribution in [3.63, 3.8) is 0 Å². The summed E-state index contributed by atoms with van der Waals surface area (Å²) >= 11 is 3.42. The fourth-order valence-electron chi connectivity index (χ4n) is 1.06. The van der Waals surface area contributed by atoms with Crippen LogP contribution >= 0.6 is 15.9 Å². The smallest absolute Gasteiger partial charge is 0.0668 e. The summed E-state index contributed by atoms with van der Waals surface area (Å²) in [5, 5.41) is 0.968. The van der Waals surface area contributed by atoms with Crippen molar-refractivity contribution in [3.8, 4) is 0 Å². The van der Waals surface area contributed by atoms with E-state index in [1.54, 1.807) is 7.11 Å². The Kier molecular flexibility index (Phi) is 8.88. The lowest BCUT2D eigenvalue weighted by Crippen LogP contribution is -2.11. The molecule has 0 radical (unpaired) electrons. The molecule has 1 nitrogen and oxygen atoms in total. The van der Waals surface area contributed by atoms with E-state index in [1.165, 1.54) is 32.1 Å². The summed E-state index contributed by atoms with van der Waals surface area (Å²) in [7, 11) is 1.78. The highest BCUT2D eigenvalue weighted by molar-refractivity contribution is 9.09. The van der Waals surface area contributed by atoms with E-state index in [9.17, 15) is 0 Å². The molecule has 0 aromatic heterocycles. The van der Waals surface area contributed by atoms with Crippen LogP contribution in [-0.4, -0.2) is 18.5 Å². The Bertz CT molecular complexity index is 72.0. The molecule has 0 aromatic rings. The summed E-state index contributed by atoms with van der Waals surface area (Å²) in [6.45, 7) is 2.23. The van der Waals surface area contributed by atoms with Crippen LogP contribution in [0, 0.1) is 0 Å². The van der Waals surface area contributed by atoms with Crippen LogP contribution in [0.4, 0.5) is 0 Å². The van der Waals surface area contributed by atoms with Gasteiger partial charge in [-0.1, -0.05) is 48.5 Å². The highest BCUT2D eigenvalue weighted by Crippen LogP contribution is 2.09. The van der Waals surface area contributed by atoms with Gasteiger partial charge >= 0.3 is 0 Å². The number of methoxy groups -OCH3 is 1. The van der Waals surface area contributed by atoms with Crippen LogP contribution in [0.15, 0.2) is 0 Å². The number of halogens is 1. The Hall–Kier alpha value is 0.440. The molecule has 0 aromatic carbocycles. The fraction of sp³-hybridized carbons (Fsp3) is 1.00. The van der Waals surface area contributed by atoms with Crippen molar-refractivity contribution in [1.29, 1.82) is 0 Å². The van der Waals surface area contributed by atoms with Gasteiger partial charge in [0.1, 0.15) is 0 Å². The van der Waals surface area contributed by atoms with Crippen molar-refractivity contribution in [1.82, 2.24) is 0 Å². The molecule has 0 spiro atoms. The van der Waals surface area contributed by atoms with Gasteiger partial charge in [-0.2, -0.15) is 0 Å². The molecule has 0 aliphatic rings. The molecule has 0 amide bonds. The third-order valence-corrected chi connectivity index (χ3v) is 2.61. The predicted molar refractivity (Wildman–Crippen MR) is 53.4 cm³/mol. The zero-order chi connectivity index (χ0) is 8.53. The number of unbranched alkanes of at least 4 members (excludes halogenated alkanes) is 3. The molecule has 2 heteroatoms. The molecule has 0 bridgehead atoms. The van der Waals surface area contributed by atoms with E-state index in [2.05, 4.69) is 22.9 Å². The second-order valence-electron chi connectivity index (χ2n) is 2.86. The van der Waals surface area contributed by atoms with Gasteiger partial charge in [-0.05, 0) is 6.42 Å². The van der Waals surface area contributed by atoms with Gasteiger partial charge in [0, 0.05) is 12.4 Å². The second-order valence-corrected chi connectivity index (χ2v) is 3.51. The zero-order valence-electron chi connectivity index (χ0n) is 7.61. The Morgan fingerprint density at radius 2 is 2.00 bits per heavy atom. The lowest BCUT2D eigenvalue weighted by atomic mass is 10.1. The first kappa shape index (κ1) is 11.4. The molecule has 0 rings (SSSR count). The summed E-state index contributed by atoms with van der Waals surface area (Å²) in [5.41, 5.74) is 0. The van der Waals surface area contributed by atoms with Gasteiger partial charge in [0.15, 0.2) is 0 Å². The largest absolute Gasteiger partial charge is 0.381 e. The maximum atomic E-state index is 5.23. The first-order valence-corrected chi connectivity index (χ1v) is 5.56. The quantitative estimate of drug-likeness (QED) is 0.475. The summed E-state index contributed by atoms with van der Waals surface area (Å²) in [5.74, 6) is 0. The number of rotatable bonds is 7. The Labute approximate surface area is 78.6 Å². The highest BCUT2D eigenvalue weighted by Gasteiger charge is 2.03. The number of hydrogen-bond donors (Lipinski definition) is 0. The lowest BCUT2D eigenvalue weighted by Gasteiger charge is -2.10. The first-order valence-electron chi connectivity index (χ1n) is 4.43. The molecule has 1 atom stereocenters. The van der Waals surface area contributed by atoms with Gasteiger partial charge in [-0.3, -0.25) is 0 Å². The van der Waals surface area contributed by atoms with Gasteiger partial charge < -0.3 is 4.74 Å². The topological polar surface area (TPSA) is 9.23 Å². The maximum Gasteiger partial charge on any atom is 0.0668 e. The van der Waals surface area contributed by atoms with Crippen molar-refractivity contribution in [2.45, 2.75) is 45.1 Å². The second kappa shape index (κ2) is 8.54. The molecule has 0 aliphatic carbocycles. The monoisotopic (exact) mass is 222 g/mol. The van der Waals surface area contributed by atoms with Gasteiger partial charge in [0.05, 0.1) is 6.10 Å². The fourth-order valence-corrected chi connectivity index (χ4v) is 1.64. The van der Waals surface area contributed by atoms with E-state index in [4.69, 9.17) is 4.74 Å². The summed E-state index contributed by atoms with van der Waals surface area (Å²) < 4.78 is 5.23. The van der Waals surface area contributed by atoms with Crippen LogP contribution in [-0.2, 0) is 4.74 Å². The number of alkyl halides is 1. The standard InChI is InChI=1S/C9H19BrO/c1-3-4-5-6-7-9(8-10)11-2/h9H,3-8H2,1-2H3/t9-/m0/s1. The van der Waals surface area contributed by atoms with Crippen LogP contribution in [0.5, 0.6) is 0 Å². The van der Waals surface area contributed by atoms with Gasteiger partial charge in [-0.15, -0.1) is 0 Å². The van der Waals surface area contributed by atoms with Crippen LogP contribution in [0.1, 0.15) is 39.0 Å². The Morgan fingerprint density at radius 3 is 2.45 bits per heavy atom. The molecule has 0 saturated heterocycles. The number of hydrogen-bond acceptors (Lipinski definition) is 1. The van der Waals surface area contributed by atoms with Crippen LogP contribution < -0.4 is 0 Å². The van der Waals surface area contributed by atoms with Gasteiger partial charge in [-0.25, -0.2) is 0 Å². The third-order valence-electron chi connectivity index (χ3n) is 1.89. The summed E-state index contributed by atoms with van der Waals surface area (Å²) in [6, 6.07) is 0. The normalized spacial score (nSPS) is 13.4. The molecule has 0 fully saturated rings. The third kappa shape index (κ3) is 6.82. The summed E-state index contributed by atoms with van der Waals surface area (Å²) in [4.78, 5) is 0. The number of ether oxygens (including phenoxy) is 1. The minimum absolute atomic E-state index is 0.423. The zero-order valence-corrected chi connectivity index (χ0v) is 9.19. The van der Waals surface area contributed by atoms with Crippen molar-refractivity contribution in [2.75, 3.05) is 12.4 Å². The average Bonchev–Trinajstić information content (AvgIpc) is 2.05. The Morgan fingerprint density at radius 1 is 1.27 bits per heavy atom. The average molecular weight is 223 g/mol. The van der Waals surface area contributed by atoms with Crippen LogP contribution in [0.3, 0.4) is 0 Å². The van der Waals surface area contributed by atoms with Gasteiger partial charge in [0.2, 0.25) is 0 Å². The lowest BCUT2D eigenvalue weighted by molar-refractivity contribution is 0.113. The molecule has 0 heterocycles. The van der Waals surface area contributed by atoms with Crippen molar-refractivity contribution in [3.05, 3.63) is 0 Å². The molecular formula is C9H19BrO. The molecule has 0 N–H and O–H groups in total. The summed E-state index contributed by atoms with van der Waals surface area (Å²) in [6.07, 6.45) is 6.94. The molecule has 11 heavy (non-hydrogen) atoms. The minimum Gasteiger partial charge on any atom is -0.381 e. The van der Waals surface area contributed by atoms with Crippen LogP contribution in [0.25, 0.3) is 0 Å². The van der Waals surface area contributed by atoms with Crippen molar-refractivity contribution >= 4 is 15.9 Å². The van der Waals surface area contributed by atoms with E-state index >= 15 is 0 Å². The van der Waals surface area contributed by atoms with E-state index in [1.807, 2.05) is 0 Å². The molecule has 0 aliphatic heterocycles. The predicted octanol–water partition coefficient (Wildman–Crippen LogP) is 3.37. The van der Waals surface area contributed by atoms with E-state index in [0.717, 1.165) is 5.33 Å². The molecule has 0 unspecified atom stereocenters. The molecule has 68 valence electrons. The van der Waals surface area contributed by atoms with Crippen molar-refractivity contribution in [2.24, 2.45) is 0 Å². The highest BCUT2D eigenvalue weighted by atomic mass is 79.9. The maximum absolute atomic E-state index is 5.23.